The van der Waals surface area contributed by atoms with Crippen molar-refractivity contribution >= 4 is 12.0 Å². The molecule has 0 saturated heterocycles. The van der Waals surface area contributed by atoms with E-state index in [1.807, 2.05) is 0 Å². The number of carbonyl (C=O) groups is 1. The quantitative estimate of drug-likeness (QED) is 0.418. The van der Waals surface area contributed by atoms with Crippen molar-refractivity contribution in [1.29, 1.82) is 0 Å². The fraction of sp³-hybridized carbons (Fsp3) is 0.222. The monoisotopic (exact) mass is 195 g/mol. The van der Waals surface area contributed by atoms with Crippen LogP contribution in [0.25, 0.3) is 0 Å². The van der Waals surface area contributed by atoms with Gasteiger partial charge in [-0.05, 0) is 12.5 Å². The molecule has 0 unspecified atom stereocenters. The SMILES string of the molecule is COc1c(C)cc([N+](=O)[O-])cc1C=O. The van der Waals surface area contributed by atoms with Gasteiger partial charge in [-0.2, -0.15) is 0 Å². The molecule has 5 nitrogen and oxygen atoms in total. The number of nitrogens with zero attached hydrogens (tertiary/aromatic N) is 1. The van der Waals surface area contributed by atoms with Gasteiger partial charge in [0.1, 0.15) is 5.75 Å². The van der Waals surface area contributed by atoms with E-state index in [4.69, 9.17) is 4.74 Å². The summed E-state index contributed by atoms with van der Waals surface area (Å²) < 4.78 is 4.95. The second-order valence-corrected chi connectivity index (χ2v) is 2.76. The average Bonchev–Trinajstić information content (AvgIpc) is 2.16. The average molecular weight is 195 g/mol. The Labute approximate surface area is 80.5 Å². The Balaban J connectivity index is 3.38. The van der Waals surface area contributed by atoms with Gasteiger partial charge in [-0.1, -0.05) is 0 Å². The molecule has 5 heteroatoms. The van der Waals surface area contributed by atoms with E-state index in [0.717, 1.165) is 0 Å². The van der Waals surface area contributed by atoms with Crippen molar-refractivity contribution in [2.45, 2.75) is 6.92 Å². The minimum Gasteiger partial charge on any atom is -0.496 e. The van der Waals surface area contributed by atoms with Crippen LogP contribution in [0.4, 0.5) is 5.69 Å². The molecule has 0 heterocycles. The third-order valence-corrected chi connectivity index (χ3v) is 1.83. The smallest absolute Gasteiger partial charge is 0.270 e. The molecule has 0 atom stereocenters. The van der Waals surface area contributed by atoms with Crippen molar-refractivity contribution in [2.75, 3.05) is 7.11 Å². The van der Waals surface area contributed by atoms with Crippen molar-refractivity contribution in [1.82, 2.24) is 0 Å². The zero-order valence-electron chi connectivity index (χ0n) is 7.81. The van der Waals surface area contributed by atoms with Crippen LogP contribution in [0.15, 0.2) is 12.1 Å². The van der Waals surface area contributed by atoms with E-state index in [-0.39, 0.29) is 11.3 Å². The fourth-order valence-electron chi connectivity index (χ4n) is 1.25. The number of non-ortho nitro benzene ring substituents is 1. The van der Waals surface area contributed by atoms with Crippen LogP contribution in [0.3, 0.4) is 0 Å². The molecule has 0 N–H and O–H groups in total. The first kappa shape index (κ1) is 10.2. The number of nitro benzene ring substituents is 1. The molecule has 14 heavy (non-hydrogen) atoms. The Bertz CT molecular complexity index is 387. The number of aldehydes is 1. The number of methoxy groups -OCH3 is 1. The number of hydrogen-bond acceptors (Lipinski definition) is 4. The van der Waals surface area contributed by atoms with Crippen LogP contribution in [0.5, 0.6) is 5.75 Å². The first-order valence-corrected chi connectivity index (χ1v) is 3.88. The maximum atomic E-state index is 10.6. The summed E-state index contributed by atoms with van der Waals surface area (Å²) in [6.07, 6.45) is 0.541. The first-order chi connectivity index (χ1) is 6.60. The maximum absolute atomic E-state index is 10.6. The molecule has 1 aromatic rings. The van der Waals surface area contributed by atoms with Crippen molar-refractivity contribution in [3.63, 3.8) is 0 Å². The standard InChI is InChI=1S/C9H9NO4/c1-6-3-8(10(12)13)4-7(5-11)9(6)14-2/h3-5H,1-2H3. The van der Waals surface area contributed by atoms with Crippen LogP contribution in [-0.2, 0) is 0 Å². The largest absolute Gasteiger partial charge is 0.496 e. The summed E-state index contributed by atoms with van der Waals surface area (Å²) in [4.78, 5) is 20.5. The molecule has 0 aliphatic rings. The molecule has 0 aliphatic heterocycles. The number of benzene rings is 1. The molecule has 0 aromatic heterocycles. The minimum atomic E-state index is -0.542. The highest BCUT2D eigenvalue weighted by Crippen LogP contribution is 2.27. The first-order valence-electron chi connectivity index (χ1n) is 3.88. The topological polar surface area (TPSA) is 69.4 Å². The highest BCUT2D eigenvalue weighted by molar-refractivity contribution is 5.81. The number of aryl methyl sites for hydroxylation is 1. The molecule has 0 saturated carbocycles. The zero-order valence-corrected chi connectivity index (χ0v) is 7.81. The van der Waals surface area contributed by atoms with Crippen LogP contribution in [0, 0.1) is 17.0 Å². The minimum absolute atomic E-state index is 0.106. The van der Waals surface area contributed by atoms with E-state index in [0.29, 0.717) is 17.6 Å². The van der Waals surface area contributed by atoms with Crippen molar-refractivity contribution in [3.05, 3.63) is 33.4 Å². The highest BCUT2D eigenvalue weighted by atomic mass is 16.6. The number of ether oxygens (including phenoxy) is 1. The highest BCUT2D eigenvalue weighted by Gasteiger charge is 2.13. The van der Waals surface area contributed by atoms with E-state index in [9.17, 15) is 14.9 Å². The van der Waals surface area contributed by atoms with E-state index in [2.05, 4.69) is 0 Å². The lowest BCUT2D eigenvalue weighted by Crippen LogP contribution is -1.97. The molecule has 0 aliphatic carbocycles. The van der Waals surface area contributed by atoms with Gasteiger partial charge in [-0.15, -0.1) is 0 Å². The van der Waals surface area contributed by atoms with Crippen LogP contribution in [0.1, 0.15) is 15.9 Å². The van der Waals surface area contributed by atoms with Crippen LogP contribution < -0.4 is 4.74 Å². The number of carbonyl (C=O) groups excluding carboxylic acids is 1. The summed E-state index contributed by atoms with van der Waals surface area (Å²) in [7, 11) is 1.42. The summed E-state index contributed by atoms with van der Waals surface area (Å²) in [5.74, 6) is 0.380. The van der Waals surface area contributed by atoms with Crippen molar-refractivity contribution < 1.29 is 14.5 Å². The fourth-order valence-corrected chi connectivity index (χ4v) is 1.25. The Morgan fingerprint density at radius 1 is 1.50 bits per heavy atom. The van der Waals surface area contributed by atoms with Gasteiger partial charge in [0.15, 0.2) is 6.29 Å². The van der Waals surface area contributed by atoms with Crippen LogP contribution in [0.2, 0.25) is 0 Å². The van der Waals surface area contributed by atoms with Gasteiger partial charge < -0.3 is 4.74 Å². The third-order valence-electron chi connectivity index (χ3n) is 1.83. The molecule has 74 valence electrons. The van der Waals surface area contributed by atoms with Gasteiger partial charge in [0, 0.05) is 12.1 Å². The molecule has 0 spiro atoms. The molecule has 0 amide bonds. The molecule has 0 fully saturated rings. The van der Waals surface area contributed by atoms with Crippen molar-refractivity contribution in [2.24, 2.45) is 0 Å². The van der Waals surface area contributed by atoms with Gasteiger partial charge in [0.25, 0.3) is 5.69 Å². The van der Waals surface area contributed by atoms with Gasteiger partial charge in [-0.3, -0.25) is 14.9 Å². The van der Waals surface area contributed by atoms with Crippen molar-refractivity contribution in [3.8, 4) is 5.75 Å². The number of nitro groups is 1. The Morgan fingerprint density at radius 2 is 2.14 bits per heavy atom. The second-order valence-electron chi connectivity index (χ2n) is 2.76. The summed E-state index contributed by atoms with van der Waals surface area (Å²) in [6.45, 7) is 1.65. The molecule has 1 aromatic carbocycles. The Hall–Kier alpha value is -1.91. The summed E-state index contributed by atoms with van der Waals surface area (Å²) in [5.41, 5.74) is 0.661. The molecular formula is C9H9NO4. The zero-order chi connectivity index (χ0) is 10.7. The lowest BCUT2D eigenvalue weighted by atomic mass is 10.1. The Kier molecular flexibility index (Phi) is 2.81. The van der Waals surface area contributed by atoms with Gasteiger partial charge in [0.2, 0.25) is 0 Å². The maximum Gasteiger partial charge on any atom is 0.270 e. The van der Waals surface area contributed by atoms with E-state index in [1.165, 1.54) is 19.2 Å². The van der Waals surface area contributed by atoms with Crippen LogP contribution >= 0.6 is 0 Å². The summed E-state index contributed by atoms with van der Waals surface area (Å²) in [6, 6.07) is 2.56. The van der Waals surface area contributed by atoms with E-state index >= 15 is 0 Å². The predicted molar refractivity (Wildman–Crippen MR) is 49.8 cm³/mol. The number of rotatable bonds is 3. The van der Waals surface area contributed by atoms with Gasteiger partial charge >= 0.3 is 0 Å². The van der Waals surface area contributed by atoms with Crippen LogP contribution in [-0.4, -0.2) is 18.3 Å². The second kappa shape index (κ2) is 3.87. The Morgan fingerprint density at radius 3 is 2.57 bits per heavy atom. The van der Waals surface area contributed by atoms with E-state index < -0.39 is 4.92 Å². The third kappa shape index (κ3) is 1.71. The lowest BCUT2D eigenvalue weighted by Gasteiger charge is -2.06. The van der Waals surface area contributed by atoms with Gasteiger partial charge in [0.05, 0.1) is 17.6 Å². The van der Waals surface area contributed by atoms with E-state index in [1.54, 1.807) is 6.92 Å². The molecule has 1 rings (SSSR count). The molecule has 0 radical (unpaired) electrons. The molecule has 0 bridgehead atoms. The summed E-state index contributed by atoms with van der Waals surface area (Å²) in [5, 5.41) is 10.5. The predicted octanol–water partition coefficient (Wildman–Crippen LogP) is 1.72. The summed E-state index contributed by atoms with van der Waals surface area (Å²) >= 11 is 0. The van der Waals surface area contributed by atoms with Gasteiger partial charge in [-0.25, -0.2) is 0 Å². The number of hydrogen-bond donors (Lipinski definition) is 0. The molecular weight excluding hydrogens is 186 g/mol. The lowest BCUT2D eigenvalue weighted by molar-refractivity contribution is -0.384. The normalized spacial score (nSPS) is 9.57.